The van der Waals surface area contributed by atoms with E-state index in [4.69, 9.17) is 0 Å². The number of amides is 1. The second-order valence-electron chi connectivity index (χ2n) is 6.80. The van der Waals surface area contributed by atoms with E-state index in [9.17, 15) is 4.79 Å². The van der Waals surface area contributed by atoms with Crippen LogP contribution in [0.3, 0.4) is 0 Å². The molecule has 0 heterocycles. The first kappa shape index (κ1) is 21.4. The lowest BCUT2D eigenvalue weighted by molar-refractivity contribution is 0.0963. The Morgan fingerprint density at radius 2 is 1.82 bits per heavy atom. The number of carbonyl (C=O) groups excluding carboxylic acids is 1. The molecule has 0 fully saturated rings. The maximum atomic E-state index is 11.8. The van der Waals surface area contributed by atoms with Crippen LogP contribution in [0.1, 0.15) is 27.5 Å². The zero-order chi connectivity index (χ0) is 20.4. The number of benzene rings is 2. The highest BCUT2D eigenvalue weighted by Crippen LogP contribution is 2.16. The summed E-state index contributed by atoms with van der Waals surface area (Å²) in [7, 11) is 7.57. The van der Waals surface area contributed by atoms with E-state index in [-0.39, 0.29) is 11.9 Å². The third kappa shape index (κ3) is 6.39. The molecule has 6 heteroatoms. The highest BCUT2D eigenvalue weighted by atomic mass is 16.1. The van der Waals surface area contributed by atoms with Gasteiger partial charge in [0.15, 0.2) is 5.96 Å². The van der Waals surface area contributed by atoms with Crippen LogP contribution in [0.15, 0.2) is 59.6 Å². The Bertz CT molecular complexity index is 774. The molecule has 150 valence electrons. The van der Waals surface area contributed by atoms with E-state index < -0.39 is 0 Å². The van der Waals surface area contributed by atoms with Gasteiger partial charge in [0, 0.05) is 32.7 Å². The molecule has 2 aromatic carbocycles. The Labute approximate surface area is 168 Å². The van der Waals surface area contributed by atoms with Crippen molar-refractivity contribution < 1.29 is 4.79 Å². The smallest absolute Gasteiger partial charge is 0.251 e. The number of aliphatic imine (C=N–C) groups is 1. The third-order valence-electron chi connectivity index (χ3n) is 4.62. The molecule has 0 spiro atoms. The molecule has 0 aliphatic heterocycles. The summed E-state index contributed by atoms with van der Waals surface area (Å²) in [6, 6.07) is 18.4. The van der Waals surface area contributed by atoms with Gasteiger partial charge in [-0.3, -0.25) is 9.79 Å². The lowest BCUT2D eigenvalue weighted by atomic mass is 10.1. The molecule has 1 unspecified atom stereocenters. The van der Waals surface area contributed by atoms with Gasteiger partial charge in [-0.05, 0) is 43.8 Å². The Morgan fingerprint density at radius 3 is 2.46 bits per heavy atom. The molecule has 2 rings (SSSR count). The van der Waals surface area contributed by atoms with Crippen molar-refractivity contribution in [3.05, 3.63) is 71.3 Å². The number of likely N-dealkylation sites (N-methyl/N-ethyl adjacent to an activating group) is 1. The van der Waals surface area contributed by atoms with Gasteiger partial charge >= 0.3 is 0 Å². The fraction of sp³-hybridized carbons (Fsp3) is 0.364. The number of carbonyl (C=O) groups is 1. The van der Waals surface area contributed by atoms with Crippen LogP contribution in [0.2, 0.25) is 0 Å². The first-order valence-electron chi connectivity index (χ1n) is 9.52. The van der Waals surface area contributed by atoms with Crippen LogP contribution in [0, 0.1) is 0 Å². The summed E-state index contributed by atoms with van der Waals surface area (Å²) in [4.78, 5) is 18.3. The van der Waals surface area contributed by atoms with Crippen LogP contribution in [0.5, 0.6) is 0 Å². The number of hydrogen-bond donors (Lipinski definition) is 3. The second-order valence-corrected chi connectivity index (χ2v) is 6.80. The van der Waals surface area contributed by atoms with Crippen molar-refractivity contribution in [3.8, 4) is 0 Å². The van der Waals surface area contributed by atoms with Crippen LogP contribution in [0.4, 0.5) is 0 Å². The molecule has 0 saturated carbocycles. The SMILES string of the molecule is CN=C(NCCc1cccc(C(=O)NC)c1)NCC(c1ccccc1)N(C)C. The molecule has 0 aromatic heterocycles. The first-order valence-corrected chi connectivity index (χ1v) is 9.52. The minimum atomic E-state index is -0.0667. The molecule has 0 aliphatic rings. The van der Waals surface area contributed by atoms with Gasteiger partial charge in [-0.2, -0.15) is 0 Å². The number of nitrogens with zero attached hydrogens (tertiary/aromatic N) is 2. The molecule has 1 atom stereocenters. The monoisotopic (exact) mass is 381 g/mol. The highest BCUT2D eigenvalue weighted by molar-refractivity contribution is 5.94. The van der Waals surface area contributed by atoms with Crippen LogP contribution in [-0.2, 0) is 6.42 Å². The number of nitrogens with one attached hydrogen (secondary N) is 3. The standard InChI is InChI=1S/C22H31N5O/c1-23-21(28)19-12-8-9-17(15-19)13-14-25-22(24-2)26-16-20(27(3)4)18-10-6-5-7-11-18/h5-12,15,20H,13-14,16H2,1-4H3,(H,23,28)(H2,24,25,26). The van der Waals surface area contributed by atoms with E-state index in [0.717, 1.165) is 31.0 Å². The van der Waals surface area contributed by atoms with Gasteiger partial charge < -0.3 is 20.9 Å². The van der Waals surface area contributed by atoms with Crippen molar-refractivity contribution in [3.63, 3.8) is 0 Å². The van der Waals surface area contributed by atoms with Crippen molar-refractivity contribution in [2.24, 2.45) is 4.99 Å². The minimum Gasteiger partial charge on any atom is -0.356 e. The lowest BCUT2D eigenvalue weighted by Gasteiger charge is -2.26. The second kappa shape index (κ2) is 11.1. The Hall–Kier alpha value is -2.86. The third-order valence-corrected chi connectivity index (χ3v) is 4.62. The van der Waals surface area contributed by atoms with Crippen molar-refractivity contribution >= 4 is 11.9 Å². The van der Waals surface area contributed by atoms with E-state index in [1.165, 1.54) is 5.56 Å². The molecule has 3 N–H and O–H groups in total. The average Bonchev–Trinajstić information content (AvgIpc) is 2.72. The molecule has 0 aliphatic carbocycles. The van der Waals surface area contributed by atoms with Gasteiger partial charge in [-0.15, -0.1) is 0 Å². The van der Waals surface area contributed by atoms with Gasteiger partial charge in [0.1, 0.15) is 0 Å². The lowest BCUT2D eigenvalue weighted by Crippen LogP contribution is -2.42. The number of guanidine groups is 1. The zero-order valence-electron chi connectivity index (χ0n) is 17.2. The zero-order valence-corrected chi connectivity index (χ0v) is 17.2. The van der Waals surface area contributed by atoms with Crippen LogP contribution >= 0.6 is 0 Å². The minimum absolute atomic E-state index is 0.0667. The van der Waals surface area contributed by atoms with E-state index in [1.807, 2.05) is 30.3 Å². The van der Waals surface area contributed by atoms with Gasteiger partial charge in [-0.1, -0.05) is 42.5 Å². The van der Waals surface area contributed by atoms with E-state index in [2.05, 4.69) is 64.2 Å². The molecule has 2 aromatic rings. The van der Waals surface area contributed by atoms with E-state index >= 15 is 0 Å². The van der Waals surface area contributed by atoms with Crippen LogP contribution < -0.4 is 16.0 Å². The molecular formula is C22H31N5O. The molecule has 6 nitrogen and oxygen atoms in total. The van der Waals surface area contributed by atoms with Gasteiger partial charge in [-0.25, -0.2) is 0 Å². The fourth-order valence-electron chi connectivity index (χ4n) is 3.03. The quantitative estimate of drug-likeness (QED) is 0.484. The topological polar surface area (TPSA) is 68.8 Å². The summed E-state index contributed by atoms with van der Waals surface area (Å²) in [5, 5.41) is 9.41. The Balaban J connectivity index is 1.87. The average molecular weight is 382 g/mol. The summed E-state index contributed by atoms with van der Waals surface area (Å²) in [6.45, 7) is 1.48. The largest absolute Gasteiger partial charge is 0.356 e. The number of rotatable bonds is 8. The molecule has 1 amide bonds. The predicted octanol–water partition coefficient (Wildman–Crippen LogP) is 2.06. The van der Waals surface area contributed by atoms with Crippen molar-refractivity contribution in [2.75, 3.05) is 41.3 Å². The van der Waals surface area contributed by atoms with Crippen molar-refractivity contribution in [1.29, 1.82) is 0 Å². The van der Waals surface area contributed by atoms with Crippen molar-refractivity contribution in [2.45, 2.75) is 12.5 Å². The van der Waals surface area contributed by atoms with Gasteiger partial charge in [0.2, 0.25) is 0 Å². The normalized spacial score (nSPS) is 12.5. The van der Waals surface area contributed by atoms with Crippen molar-refractivity contribution in [1.82, 2.24) is 20.9 Å². The van der Waals surface area contributed by atoms with Crippen LogP contribution in [-0.4, -0.2) is 58.0 Å². The molecule has 28 heavy (non-hydrogen) atoms. The summed E-state index contributed by atoms with van der Waals surface area (Å²) >= 11 is 0. The molecule has 0 radical (unpaired) electrons. The maximum absolute atomic E-state index is 11.8. The fourth-order valence-corrected chi connectivity index (χ4v) is 3.03. The highest BCUT2D eigenvalue weighted by Gasteiger charge is 2.14. The van der Waals surface area contributed by atoms with E-state index in [1.54, 1.807) is 14.1 Å². The van der Waals surface area contributed by atoms with Gasteiger partial charge in [0.25, 0.3) is 5.91 Å². The maximum Gasteiger partial charge on any atom is 0.251 e. The first-order chi connectivity index (χ1) is 13.5. The molecular weight excluding hydrogens is 350 g/mol. The summed E-state index contributed by atoms with van der Waals surface area (Å²) < 4.78 is 0. The Morgan fingerprint density at radius 1 is 1.07 bits per heavy atom. The number of hydrogen-bond acceptors (Lipinski definition) is 3. The van der Waals surface area contributed by atoms with Gasteiger partial charge in [0.05, 0.1) is 6.04 Å². The predicted molar refractivity (Wildman–Crippen MR) is 116 cm³/mol. The molecule has 0 bridgehead atoms. The summed E-state index contributed by atoms with van der Waals surface area (Å²) in [5.41, 5.74) is 3.06. The molecule has 0 saturated heterocycles. The summed E-state index contributed by atoms with van der Waals surface area (Å²) in [6.07, 6.45) is 0.807. The van der Waals surface area contributed by atoms with Crippen LogP contribution in [0.25, 0.3) is 0 Å². The Kier molecular flexibility index (Phi) is 8.49. The van der Waals surface area contributed by atoms with E-state index in [0.29, 0.717) is 5.56 Å². The summed E-state index contributed by atoms with van der Waals surface area (Å²) in [5.74, 6) is 0.702.